The van der Waals surface area contributed by atoms with Crippen LogP contribution in [-0.4, -0.2) is 63.7 Å². The third kappa shape index (κ3) is 6.36. The molecule has 2 atom stereocenters. The predicted octanol–water partition coefficient (Wildman–Crippen LogP) is 5.53. The number of benzene rings is 2. The van der Waals surface area contributed by atoms with E-state index in [-0.39, 0.29) is 49.2 Å². The number of aromatic nitrogens is 2. The van der Waals surface area contributed by atoms with E-state index in [1.165, 1.54) is 29.1 Å². The number of nitrogens with one attached hydrogen (secondary N) is 1. The number of imidazole rings is 1. The van der Waals surface area contributed by atoms with Crippen molar-refractivity contribution in [1.29, 1.82) is 0 Å². The van der Waals surface area contributed by atoms with Gasteiger partial charge in [0.05, 0.1) is 28.8 Å². The van der Waals surface area contributed by atoms with Gasteiger partial charge in [-0.2, -0.15) is 13.2 Å². The van der Waals surface area contributed by atoms with Gasteiger partial charge in [0.25, 0.3) is 0 Å². The maximum absolute atomic E-state index is 14.8. The number of likely N-dealkylation sites (tertiary alicyclic amines) is 1. The Bertz CT molecular complexity index is 1500. The van der Waals surface area contributed by atoms with Crippen LogP contribution in [0.1, 0.15) is 43.7 Å². The Morgan fingerprint density at radius 1 is 1.02 bits per heavy atom. The molecule has 0 radical (unpaired) electrons. The molecule has 2 saturated heterocycles. The van der Waals surface area contributed by atoms with Gasteiger partial charge < -0.3 is 10.0 Å². The first kappa shape index (κ1) is 30.5. The van der Waals surface area contributed by atoms with Gasteiger partial charge in [0, 0.05) is 56.6 Å². The van der Waals surface area contributed by atoms with Crippen LogP contribution in [0, 0.1) is 23.5 Å². The topological polar surface area (TPSA) is 90.7 Å². The minimum Gasteiger partial charge on any atom is -0.481 e. The largest absolute Gasteiger partial charge is 0.481 e. The summed E-state index contributed by atoms with van der Waals surface area (Å²) in [6.07, 6.45) is -1.15. The van der Waals surface area contributed by atoms with E-state index in [0.717, 1.165) is 24.3 Å². The van der Waals surface area contributed by atoms with Crippen LogP contribution in [0.4, 0.5) is 33.6 Å². The maximum Gasteiger partial charge on any atom is 0.416 e. The Balaban J connectivity index is 1.46. The van der Waals surface area contributed by atoms with Crippen molar-refractivity contribution in [3.05, 3.63) is 71.6 Å². The van der Waals surface area contributed by atoms with Gasteiger partial charge in [0.1, 0.15) is 11.6 Å². The van der Waals surface area contributed by atoms with E-state index in [9.17, 15) is 36.6 Å². The van der Waals surface area contributed by atoms with Crippen molar-refractivity contribution in [3.63, 3.8) is 0 Å². The van der Waals surface area contributed by atoms with Gasteiger partial charge in [-0.15, -0.1) is 0 Å². The summed E-state index contributed by atoms with van der Waals surface area (Å²) >= 11 is 0. The molecule has 2 aliphatic heterocycles. The van der Waals surface area contributed by atoms with Crippen LogP contribution >= 0.6 is 0 Å². The molecule has 1 amide bonds. The number of rotatable bonds is 7. The molecule has 13 heteroatoms. The molecule has 0 saturated carbocycles. The molecule has 0 unspecified atom stereocenters. The molecule has 0 bridgehead atoms. The lowest BCUT2D eigenvalue weighted by Crippen LogP contribution is -2.37. The van der Waals surface area contributed by atoms with Gasteiger partial charge in [-0.3, -0.25) is 24.4 Å². The van der Waals surface area contributed by atoms with Crippen molar-refractivity contribution in [3.8, 4) is 5.69 Å². The van der Waals surface area contributed by atoms with Gasteiger partial charge in [0.15, 0.2) is 0 Å². The van der Waals surface area contributed by atoms with Gasteiger partial charge in [-0.05, 0) is 56.5 Å². The summed E-state index contributed by atoms with van der Waals surface area (Å²) in [7, 11) is 0. The minimum atomic E-state index is -4.60. The van der Waals surface area contributed by atoms with Gasteiger partial charge in [-0.25, -0.2) is 13.8 Å². The fourth-order valence-corrected chi connectivity index (χ4v) is 5.96. The number of amides is 1. The first-order valence-electron chi connectivity index (χ1n) is 14.1. The first-order chi connectivity index (χ1) is 20.3. The number of carbonyl (C=O) groups excluding carboxylic acids is 1. The van der Waals surface area contributed by atoms with Crippen molar-refractivity contribution >= 4 is 23.5 Å². The molecule has 2 fully saturated rings. The van der Waals surface area contributed by atoms with Crippen molar-refractivity contribution in [1.82, 2.24) is 14.5 Å². The number of carboxylic acids is 1. The van der Waals surface area contributed by atoms with Crippen molar-refractivity contribution < 1.29 is 36.6 Å². The Morgan fingerprint density at radius 3 is 2.37 bits per heavy atom. The lowest BCUT2D eigenvalue weighted by molar-refractivity contribution is -0.142. The molecule has 2 aromatic carbocycles. The molecule has 1 aromatic heterocycles. The Labute approximate surface area is 245 Å². The lowest BCUT2D eigenvalue weighted by atomic mass is 9.88. The number of hydrogen-bond acceptors (Lipinski definition) is 5. The van der Waals surface area contributed by atoms with Crippen LogP contribution in [0.5, 0.6) is 0 Å². The second kappa shape index (κ2) is 11.9. The van der Waals surface area contributed by atoms with E-state index in [0.29, 0.717) is 18.8 Å². The van der Waals surface area contributed by atoms with Crippen molar-refractivity contribution in [2.75, 3.05) is 36.4 Å². The zero-order valence-electron chi connectivity index (χ0n) is 23.6. The monoisotopic (exact) mass is 605 g/mol. The molecule has 0 aliphatic carbocycles. The molecule has 0 spiro atoms. The normalized spacial score (nSPS) is 20.1. The molecule has 3 heterocycles. The number of nitrogens with zero attached hydrogens (tertiary/aromatic N) is 4. The summed E-state index contributed by atoms with van der Waals surface area (Å²) < 4.78 is 71.0. The lowest BCUT2D eigenvalue weighted by Gasteiger charge is -2.34. The fraction of sp³-hybridized carbons (Fsp3) is 0.433. The van der Waals surface area contributed by atoms with Crippen LogP contribution in [-0.2, 0) is 15.8 Å². The summed E-state index contributed by atoms with van der Waals surface area (Å²) in [4.78, 5) is 33.1. The van der Waals surface area contributed by atoms with E-state index in [1.807, 2.05) is 18.7 Å². The van der Waals surface area contributed by atoms with E-state index < -0.39 is 53.0 Å². The molecule has 8 nitrogen and oxygen atoms in total. The molecule has 2 N–H and O–H groups in total. The summed E-state index contributed by atoms with van der Waals surface area (Å²) in [5.74, 6) is -4.65. The number of carboxylic acid groups (broad SMARTS) is 1. The highest BCUT2D eigenvalue weighted by Crippen LogP contribution is 2.39. The number of hydrogen-bond donors (Lipinski definition) is 2. The molecule has 3 aromatic rings. The summed E-state index contributed by atoms with van der Waals surface area (Å²) in [6.45, 7) is 5.07. The average Bonchev–Trinajstić information content (AvgIpc) is 3.60. The SMILES string of the molecule is CC(C)N1C[C@@H](C(=O)Nc2nccn2-c2ccc(C(F)(F)F)cc2N2CCC(C(=O)O)CC2)[C@H](c2ccc(F)cc2F)C1. The number of carbonyl (C=O) groups is 2. The second-order valence-electron chi connectivity index (χ2n) is 11.3. The van der Waals surface area contributed by atoms with Gasteiger partial charge in [0.2, 0.25) is 11.9 Å². The molecule has 230 valence electrons. The third-order valence-electron chi connectivity index (χ3n) is 8.40. The average molecular weight is 606 g/mol. The standard InChI is InChI=1S/C30H32F5N5O3/c1-17(2)39-15-22(21-5-4-20(31)14-24(21)32)23(16-39)27(41)37-29-36-9-12-40(29)25-6-3-19(30(33,34)35)13-26(25)38-10-7-18(8-11-38)28(42)43/h3-6,9,12-14,17-18,22-23H,7-8,10-11,15-16H2,1-2H3,(H,42,43)(H,36,37,41)/t22-,23+/m0/s1. The number of anilines is 2. The predicted molar refractivity (Wildman–Crippen MR) is 149 cm³/mol. The summed E-state index contributed by atoms with van der Waals surface area (Å²) in [5, 5.41) is 12.2. The van der Waals surface area contributed by atoms with Crippen molar-refractivity contribution in [2.45, 2.75) is 44.8 Å². The van der Waals surface area contributed by atoms with Crippen LogP contribution in [0.2, 0.25) is 0 Å². The summed E-state index contributed by atoms with van der Waals surface area (Å²) in [6, 6.07) is 6.62. The number of halogens is 5. The van der Waals surface area contributed by atoms with Gasteiger partial charge in [-0.1, -0.05) is 6.07 Å². The van der Waals surface area contributed by atoms with E-state index >= 15 is 0 Å². The first-order valence-corrected chi connectivity index (χ1v) is 14.1. The smallest absolute Gasteiger partial charge is 0.416 e. The Hall–Kier alpha value is -4.00. The fourth-order valence-electron chi connectivity index (χ4n) is 5.96. The van der Waals surface area contributed by atoms with E-state index in [1.54, 1.807) is 4.90 Å². The third-order valence-corrected chi connectivity index (χ3v) is 8.40. The second-order valence-corrected chi connectivity index (χ2v) is 11.3. The number of alkyl halides is 3. The van der Waals surface area contributed by atoms with E-state index in [2.05, 4.69) is 10.3 Å². The summed E-state index contributed by atoms with van der Waals surface area (Å²) in [5.41, 5.74) is -0.0831. The Morgan fingerprint density at radius 2 is 1.74 bits per heavy atom. The van der Waals surface area contributed by atoms with Crippen LogP contribution in [0.25, 0.3) is 5.69 Å². The van der Waals surface area contributed by atoms with Crippen LogP contribution in [0.3, 0.4) is 0 Å². The molecule has 5 rings (SSSR count). The maximum atomic E-state index is 14.8. The Kier molecular flexibility index (Phi) is 8.46. The minimum absolute atomic E-state index is 0.0609. The van der Waals surface area contributed by atoms with E-state index in [4.69, 9.17) is 0 Å². The highest BCUT2D eigenvalue weighted by molar-refractivity contribution is 5.92. The molecular weight excluding hydrogens is 573 g/mol. The van der Waals surface area contributed by atoms with Crippen LogP contribution < -0.4 is 10.2 Å². The molecule has 2 aliphatic rings. The zero-order valence-corrected chi connectivity index (χ0v) is 23.6. The van der Waals surface area contributed by atoms with Crippen molar-refractivity contribution in [2.24, 2.45) is 11.8 Å². The van der Waals surface area contributed by atoms with Gasteiger partial charge >= 0.3 is 12.1 Å². The highest BCUT2D eigenvalue weighted by atomic mass is 19.4. The number of piperidine rings is 1. The number of aliphatic carboxylic acids is 1. The van der Waals surface area contributed by atoms with Crippen LogP contribution in [0.15, 0.2) is 48.8 Å². The highest BCUT2D eigenvalue weighted by Gasteiger charge is 2.41. The molecular formula is C30H32F5N5O3. The quantitative estimate of drug-likeness (QED) is 0.344. The molecule has 43 heavy (non-hydrogen) atoms. The zero-order chi connectivity index (χ0) is 31.1.